The first-order valence-electron chi connectivity index (χ1n) is 8.77. The molecule has 2 aromatic heterocycles. The van der Waals surface area contributed by atoms with Crippen LogP contribution in [0.3, 0.4) is 0 Å². The maximum absolute atomic E-state index is 13.1. The van der Waals surface area contributed by atoms with Crippen LogP contribution in [-0.4, -0.2) is 27.2 Å². The lowest BCUT2D eigenvalue weighted by Gasteiger charge is -2.18. The topological polar surface area (TPSA) is 51.0 Å². The molecule has 3 aromatic rings. The van der Waals surface area contributed by atoms with Gasteiger partial charge in [-0.05, 0) is 56.0 Å². The summed E-state index contributed by atoms with van der Waals surface area (Å²) in [5, 5.41) is 4.99. The predicted molar refractivity (Wildman–Crippen MR) is 104 cm³/mol. The molecule has 0 radical (unpaired) electrons. The molecule has 0 atom stereocenters. The van der Waals surface area contributed by atoms with E-state index in [1.165, 1.54) is 17.7 Å². The number of amides is 1. The number of hydrogen-bond donors (Lipinski definition) is 0. The Morgan fingerprint density at radius 1 is 1.27 bits per heavy atom. The summed E-state index contributed by atoms with van der Waals surface area (Å²) in [4.78, 5) is 20.8. The van der Waals surface area contributed by atoms with E-state index in [9.17, 15) is 4.79 Å². The van der Waals surface area contributed by atoms with E-state index in [0.29, 0.717) is 12.1 Å². The van der Waals surface area contributed by atoms with Crippen LogP contribution in [0.5, 0.6) is 0 Å². The minimum Gasteiger partial charge on any atom is -0.280 e. The summed E-state index contributed by atoms with van der Waals surface area (Å²) in [7, 11) is 0. The van der Waals surface area contributed by atoms with Gasteiger partial charge in [0.25, 0.3) is 5.91 Å². The van der Waals surface area contributed by atoms with Gasteiger partial charge in [-0.15, -0.1) is 17.9 Å². The molecule has 1 aromatic carbocycles. The van der Waals surface area contributed by atoms with E-state index in [2.05, 4.69) is 11.7 Å². The van der Waals surface area contributed by atoms with Gasteiger partial charge in [-0.3, -0.25) is 9.69 Å². The molecule has 0 aliphatic heterocycles. The van der Waals surface area contributed by atoms with Crippen molar-refractivity contribution >= 4 is 22.4 Å². The molecule has 1 aliphatic rings. The van der Waals surface area contributed by atoms with Crippen molar-refractivity contribution in [2.45, 2.75) is 25.7 Å². The summed E-state index contributed by atoms with van der Waals surface area (Å²) in [6.45, 7) is 4.25. The number of fused-ring (bicyclic) bond motifs is 1. The van der Waals surface area contributed by atoms with Crippen LogP contribution in [0.4, 0.5) is 5.13 Å². The highest BCUT2D eigenvalue weighted by Gasteiger charge is 2.23. The number of aromatic nitrogens is 3. The maximum Gasteiger partial charge on any atom is 0.260 e. The van der Waals surface area contributed by atoms with Crippen LogP contribution in [-0.2, 0) is 12.8 Å². The van der Waals surface area contributed by atoms with Crippen LogP contribution in [0.25, 0.3) is 5.69 Å². The second-order valence-electron chi connectivity index (χ2n) is 6.28. The average Bonchev–Trinajstić information content (AvgIpc) is 3.35. The molecular weight excluding hydrogens is 344 g/mol. The number of carbonyl (C=O) groups is 1. The van der Waals surface area contributed by atoms with Gasteiger partial charge < -0.3 is 0 Å². The first-order chi connectivity index (χ1) is 12.8. The number of aryl methyl sites for hydroxylation is 2. The van der Waals surface area contributed by atoms with Crippen LogP contribution >= 0.6 is 11.3 Å². The summed E-state index contributed by atoms with van der Waals surface area (Å²) >= 11 is 1.64. The Morgan fingerprint density at radius 3 is 2.77 bits per heavy atom. The van der Waals surface area contributed by atoms with E-state index in [1.807, 2.05) is 36.5 Å². The maximum atomic E-state index is 13.1. The fraction of sp³-hybridized carbons (Fsp3) is 0.250. The van der Waals surface area contributed by atoms with Crippen LogP contribution in [0, 0.1) is 0 Å². The monoisotopic (exact) mass is 364 g/mol. The van der Waals surface area contributed by atoms with Crippen molar-refractivity contribution in [1.29, 1.82) is 0 Å². The van der Waals surface area contributed by atoms with E-state index in [-0.39, 0.29) is 5.91 Å². The van der Waals surface area contributed by atoms with Gasteiger partial charge in [-0.2, -0.15) is 5.10 Å². The highest BCUT2D eigenvalue weighted by atomic mass is 32.1. The van der Waals surface area contributed by atoms with Gasteiger partial charge in [0, 0.05) is 29.4 Å². The van der Waals surface area contributed by atoms with Crippen molar-refractivity contribution in [3.63, 3.8) is 0 Å². The quantitative estimate of drug-likeness (QED) is 0.642. The smallest absolute Gasteiger partial charge is 0.260 e. The SMILES string of the molecule is C=CCN(C(=O)c1ccc(-n2cccn2)cc1)c1nc2c(s1)CCCC2. The van der Waals surface area contributed by atoms with Gasteiger partial charge in [0.2, 0.25) is 0 Å². The first kappa shape index (κ1) is 16.7. The molecule has 0 bridgehead atoms. The third-order valence-corrected chi connectivity index (χ3v) is 5.69. The minimum absolute atomic E-state index is 0.0528. The molecular formula is C20H20N4OS. The number of benzene rings is 1. The zero-order chi connectivity index (χ0) is 17.9. The van der Waals surface area contributed by atoms with Crippen molar-refractivity contribution in [2.75, 3.05) is 11.4 Å². The van der Waals surface area contributed by atoms with Gasteiger partial charge in [-0.25, -0.2) is 9.67 Å². The number of rotatable bonds is 5. The second-order valence-corrected chi connectivity index (χ2v) is 7.34. The average molecular weight is 364 g/mol. The number of nitrogens with zero attached hydrogens (tertiary/aromatic N) is 4. The molecule has 0 fully saturated rings. The molecule has 4 rings (SSSR count). The Balaban J connectivity index is 1.61. The van der Waals surface area contributed by atoms with Crippen molar-refractivity contribution in [2.24, 2.45) is 0 Å². The lowest BCUT2D eigenvalue weighted by Crippen LogP contribution is -2.31. The number of hydrogen-bond acceptors (Lipinski definition) is 4. The molecule has 1 amide bonds. The van der Waals surface area contributed by atoms with Crippen LogP contribution in [0.2, 0.25) is 0 Å². The third-order valence-electron chi connectivity index (χ3n) is 4.51. The summed E-state index contributed by atoms with van der Waals surface area (Å²) in [6.07, 6.45) is 9.83. The highest BCUT2D eigenvalue weighted by molar-refractivity contribution is 7.16. The highest BCUT2D eigenvalue weighted by Crippen LogP contribution is 2.32. The van der Waals surface area contributed by atoms with Crippen molar-refractivity contribution in [3.05, 3.63) is 71.5 Å². The molecule has 0 saturated heterocycles. The van der Waals surface area contributed by atoms with Gasteiger partial charge in [-0.1, -0.05) is 6.08 Å². The van der Waals surface area contributed by atoms with E-state index in [1.54, 1.807) is 33.2 Å². The van der Waals surface area contributed by atoms with E-state index < -0.39 is 0 Å². The molecule has 1 aliphatic carbocycles. The molecule has 132 valence electrons. The minimum atomic E-state index is -0.0528. The van der Waals surface area contributed by atoms with Crippen molar-refractivity contribution in [3.8, 4) is 5.69 Å². The predicted octanol–water partition coefficient (Wildman–Crippen LogP) is 4.04. The van der Waals surface area contributed by atoms with Crippen molar-refractivity contribution in [1.82, 2.24) is 14.8 Å². The Hall–Kier alpha value is -2.73. The molecule has 0 spiro atoms. The Morgan fingerprint density at radius 2 is 2.08 bits per heavy atom. The molecule has 6 heteroatoms. The summed E-state index contributed by atoms with van der Waals surface area (Å²) in [5.41, 5.74) is 2.72. The summed E-state index contributed by atoms with van der Waals surface area (Å²) in [5.74, 6) is -0.0528. The van der Waals surface area contributed by atoms with E-state index >= 15 is 0 Å². The Bertz CT molecular complexity index is 888. The molecule has 5 nitrogen and oxygen atoms in total. The lowest BCUT2D eigenvalue weighted by molar-refractivity contribution is 0.0989. The van der Waals surface area contributed by atoms with E-state index in [4.69, 9.17) is 4.98 Å². The lowest BCUT2D eigenvalue weighted by atomic mass is 10.0. The van der Waals surface area contributed by atoms with Gasteiger partial charge >= 0.3 is 0 Å². The van der Waals surface area contributed by atoms with Gasteiger partial charge in [0.05, 0.1) is 11.4 Å². The third kappa shape index (κ3) is 3.20. The van der Waals surface area contributed by atoms with Crippen LogP contribution in [0.1, 0.15) is 33.8 Å². The fourth-order valence-corrected chi connectivity index (χ4v) is 4.32. The largest absolute Gasteiger partial charge is 0.280 e. The van der Waals surface area contributed by atoms with E-state index in [0.717, 1.165) is 29.4 Å². The zero-order valence-corrected chi connectivity index (χ0v) is 15.3. The number of anilines is 1. The zero-order valence-electron chi connectivity index (χ0n) is 14.5. The molecule has 0 N–H and O–H groups in total. The standard InChI is InChI=1S/C20H20N4OS/c1-2-13-23(20-22-17-6-3-4-7-18(17)26-20)19(25)15-8-10-16(11-9-15)24-14-5-12-21-24/h2,5,8-12,14H,1,3-4,6-7,13H2. The van der Waals surface area contributed by atoms with Crippen molar-refractivity contribution < 1.29 is 4.79 Å². The van der Waals surface area contributed by atoms with Crippen LogP contribution in [0.15, 0.2) is 55.4 Å². The second kappa shape index (κ2) is 7.25. The molecule has 0 unspecified atom stereocenters. The van der Waals surface area contributed by atoms with Gasteiger partial charge in [0.15, 0.2) is 5.13 Å². The number of carbonyl (C=O) groups excluding carboxylic acids is 1. The Kier molecular flexibility index (Phi) is 4.67. The molecule has 26 heavy (non-hydrogen) atoms. The fourth-order valence-electron chi connectivity index (χ4n) is 3.16. The van der Waals surface area contributed by atoms with Gasteiger partial charge in [0.1, 0.15) is 0 Å². The number of thiazole rings is 1. The summed E-state index contributed by atoms with van der Waals surface area (Å²) in [6, 6.07) is 9.35. The Labute approximate surface area is 156 Å². The molecule has 0 saturated carbocycles. The first-order valence-corrected chi connectivity index (χ1v) is 9.59. The molecule has 2 heterocycles. The van der Waals surface area contributed by atoms with Crippen LogP contribution < -0.4 is 4.90 Å². The normalized spacial score (nSPS) is 13.2. The summed E-state index contributed by atoms with van der Waals surface area (Å²) < 4.78 is 1.77.